The molecule has 8 heteroatoms. The zero-order valence-corrected chi connectivity index (χ0v) is 21.5. The Hall–Kier alpha value is -2.71. The van der Waals surface area contributed by atoms with Gasteiger partial charge in [0.25, 0.3) is 0 Å². The molecule has 1 aliphatic rings. The van der Waals surface area contributed by atoms with Gasteiger partial charge >= 0.3 is 0 Å². The van der Waals surface area contributed by atoms with Crippen LogP contribution in [0.4, 0.5) is 0 Å². The largest absolute Gasteiger partial charge is 0.352 e. The van der Waals surface area contributed by atoms with E-state index in [0.29, 0.717) is 13.0 Å². The molecule has 0 spiro atoms. The Morgan fingerprint density at radius 2 is 1.57 bits per heavy atom. The second kappa shape index (κ2) is 12.8. The molecule has 1 fully saturated rings. The minimum atomic E-state index is -3.61. The van der Waals surface area contributed by atoms with Gasteiger partial charge in [-0.25, -0.2) is 12.7 Å². The van der Waals surface area contributed by atoms with Gasteiger partial charge in [-0.3, -0.25) is 9.59 Å². The Balaban J connectivity index is 1.62. The maximum absolute atomic E-state index is 13.3. The molecule has 1 saturated carbocycles. The van der Waals surface area contributed by atoms with E-state index in [1.165, 1.54) is 17.8 Å². The van der Waals surface area contributed by atoms with Crippen LogP contribution in [0, 0.1) is 0 Å². The zero-order chi connectivity index (χ0) is 25.3. The van der Waals surface area contributed by atoms with Crippen LogP contribution in [-0.4, -0.2) is 55.1 Å². The Morgan fingerprint density at radius 3 is 2.20 bits per heavy atom. The van der Waals surface area contributed by atoms with Crippen LogP contribution in [0.5, 0.6) is 0 Å². The maximum atomic E-state index is 13.3. The lowest BCUT2D eigenvalue weighted by Crippen LogP contribution is -2.50. The molecule has 7 nitrogen and oxygen atoms in total. The van der Waals surface area contributed by atoms with Crippen molar-refractivity contribution in [3.63, 3.8) is 0 Å². The van der Waals surface area contributed by atoms with Crippen molar-refractivity contribution in [3.8, 4) is 0 Å². The quantitative estimate of drug-likeness (QED) is 0.507. The smallest absolute Gasteiger partial charge is 0.242 e. The molecule has 190 valence electrons. The molecule has 0 aromatic heterocycles. The summed E-state index contributed by atoms with van der Waals surface area (Å²) >= 11 is 0. The average molecular weight is 500 g/mol. The van der Waals surface area contributed by atoms with E-state index in [-0.39, 0.29) is 35.7 Å². The molecular weight excluding hydrogens is 462 g/mol. The number of rotatable bonds is 11. The van der Waals surface area contributed by atoms with Gasteiger partial charge in [0.2, 0.25) is 21.8 Å². The van der Waals surface area contributed by atoms with Crippen molar-refractivity contribution in [3.05, 3.63) is 66.2 Å². The monoisotopic (exact) mass is 499 g/mol. The Kier molecular flexibility index (Phi) is 9.86. The standard InChI is InChI=1S/C27H37N3O4S/c1-22(27(32)28-24-15-8-4-9-16-24)30(21-23-13-6-3-7-14-23)26(31)19-12-20-29(2)35(33,34)25-17-10-5-11-18-25/h3,5-7,10-11,13-14,17-18,22,24H,4,8-9,12,15-16,19-21H2,1-2H3,(H,28,32)/t22-/m1/s1. The van der Waals surface area contributed by atoms with E-state index in [2.05, 4.69) is 5.32 Å². The summed E-state index contributed by atoms with van der Waals surface area (Å²) < 4.78 is 26.8. The van der Waals surface area contributed by atoms with Gasteiger partial charge in [0.15, 0.2) is 0 Å². The number of nitrogens with zero attached hydrogens (tertiary/aromatic N) is 2. The summed E-state index contributed by atoms with van der Waals surface area (Å²) in [6.07, 6.45) is 5.92. The summed E-state index contributed by atoms with van der Waals surface area (Å²) in [5, 5.41) is 3.13. The fourth-order valence-electron chi connectivity index (χ4n) is 4.42. The number of benzene rings is 2. The third-order valence-corrected chi connectivity index (χ3v) is 8.50. The number of hydrogen-bond acceptors (Lipinski definition) is 4. The maximum Gasteiger partial charge on any atom is 0.242 e. The van der Waals surface area contributed by atoms with Gasteiger partial charge in [0.1, 0.15) is 6.04 Å². The lowest BCUT2D eigenvalue weighted by molar-refractivity contribution is -0.141. The summed E-state index contributed by atoms with van der Waals surface area (Å²) in [6.45, 7) is 2.31. The van der Waals surface area contributed by atoms with E-state index in [4.69, 9.17) is 0 Å². The molecule has 0 bridgehead atoms. The number of carbonyl (C=O) groups is 2. The predicted octanol–water partition coefficient (Wildman–Crippen LogP) is 3.95. The lowest BCUT2D eigenvalue weighted by atomic mass is 9.95. The first-order chi connectivity index (χ1) is 16.8. The van der Waals surface area contributed by atoms with Crippen molar-refractivity contribution in [1.29, 1.82) is 0 Å². The fraction of sp³-hybridized carbons (Fsp3) is 0.481. The van der Waals surface area contributed by atoms with E-state index in [1.54, 1.807) is 42.2 Å². The Labute approximate surface area is 209 Å². The molecule has 1 N–H and O–H groups in total. The molecule has 35 heavy (non-hydrogen) atoms. The highest BCUT2D eigenvalue weighted by Gasteiger charge is 2.28. The topological polar surface area (TPSA) is 86.8 Å². The molecule has 1 aliphatic carbocycles. The SMILES string of the molecule is C[C@H](C(=O)NC1CCCCC1)N(Cc1ccccc1)C(=O)CCCN(C)S(=O)(=O)c1ccccc1. The highest BCUT2D eigenvalue weighted by Crippen LogP contribution is 2.19. The average Bonchev–Trinajstić information content (AvgIpc) is 2.88. The summed E-state index contributed by atoms with van der Waals surface area (Å²) in [7, 11) is -2.08. The number of nitrogens with one attached hydrogen (secondary N) is 1. The minimum Gasteiger partial charge on any atom is -0.352 e. The normalized spacial score (nSPS) is 15.5. The number of sulfonamides is 1. The molecular formula is C27H37N3O4S. The van der Waals surface area contributed by atoms with Crippen LogP contribution in [-0.2, 0) is 26.2 Å². The van der Waals surface area contributed by atoms with Crippen LogP contribution in [0.1, 0.15) is 57.4 Å². The zero-order valence-electron chi connectivity index (χ0n) is 20.7. The molecule has 2 aromatic rings. The fourth-order valence-corrected chi connectivity index (χ4v) is 5.65. The number of hydrogen-bond donors (Lipinski definition) is 1. The van der Waals surface area contributed by atoms with Crippen molar-refractivity contribution in [2.24, 2.45) is 0 Å². The first-order valence-corrected chi connectivity index (χ1v) is 13.9. The number of amides is 2. The highest BCUT2D eigenvalue weighted by atomic mass is 32.2. The van der Waals surface area contributed by atoms with Crippen molar-refractivity contribution in [1.82, 2.24) is 14.5 Å². The van der Waals surface area contributed by atoms with Crippen LogP contribution in [0.25, 0.3) is 0 Å². The number of carbonyl (C=O) groups excluding carboxylic acids is 2. The Morgan fingerprint density at radius 1 is 0.971 bits per heavy atom. The van der Waals surface area contributed by atoms with Gasteiger partial charge in [-0.15, -0.1) is 0 Å². The Bertz CT molecular complexity index is 1050. The molecule has 0 radical (unpaired) electrons. The summed E-state index contributed by atoms with van der Waals surface area (Å²) in [6, 6.07) is 17.4. The summed E-state index contributed by atoms with van der Waals surface area (Å²) in [5.74, 6) is -0.296. The van der Waals surface area contributed by atoms with E-state index in [9.17, 15) is 18.0 Å². The summed E-state index contributed by atoms with van der Waals surface area (Å²) in [4.78, 5) is 28.1. The highest BCUT2D eigenvalue weighted by molar-refractivity contribution is 7.89. The molecule has 0 unspecified atom stereocenters. The molecule has 0 heterocycles. The predicted molar refractivity (Wildman–Crippen MR) is 137 cm³/mol. The van der Waals surface area contributed by atoms with Crippen molar-refractivity contribution in [2.45, 2.75) is 75.4 Å². The van der Waals surface area contributed by atoms with Gasteiger partial charge in [-0.1, -0.05) is 67.8 Å². The van der Waals surface area contributed by atoms with Gasteiger partial charge in [0, 0.05) is 32.6 Å². The van der Waals surface area contributed by atoms with Gasteiger partial charge in [-0.2, -0.15) is 0 Å². The van der Waals surface area contributed by atoms with Crippen LogP contribution in [0.2, 0.25) is 0 Å². The van der Waals surface area contributed by atoms with Crippen molar-refractivity contribution in [2.75, 3.05) is 13.6 Å². The second-order valence-electron chi connectivity index (χ2n) is 9.27. The molecule has 2 aromatic carbocycles. The third kappa shape index (κ3) is 7.64. The second-order valence-corrected chi connectivity index (χ2v) is 11.3. The molecule has 0 aliphatic heterocycles. The van der Waals surface area contributed by atoms with Crippen LogP contribution in [0.3, 0.4) is 0 Å². The summed E-state index contributed by atoms with van der Waals surface area (Å²) in [5.41, 5.74) is 0.946. The van der Waals surface area contributed by atoms with Gasteiger partial charge in [0.05, 0.1) is 4.90 Å². The first kappa shape index (κ1) is 26.9. The van der Waals surface area contributed by atoms with Gasteiger partial charge in [-0.05, 0) is 43.9 Å². The molecule has 1 atom stereocenters. The molecule has 2 amide bonds. The van der Waals surface area contributed by atoms with E-state index in [0.717, 1.165) is 31.2 Å². The van der Waals surface area contributed by atoms with E-state index in [1.807, 2.05) is 30.3 Å². The van der Waals surface area contributed by atoms with E-state index < -0.39 is 16.1 Å². The van der Waals surface area contributed by atoms with Crippen LogP contribution < -0.4 is 5.32 Å². The van der Waals surface area contributed by atoms with Crippen molar-refractivity contribution >= 4 is 21.8 Å². The first-order valence-electron chi connectivity index (χ1n) is 12.4. The minimum absolute atomic E-state index is 0.134. The lowest BCUT2D eigenvalue weighted by Gasteiger charge is -2.31. The molecule has 3 rings (SSSR count). The molecule has 0 saturated heterocycles. The van der Waals surface area contributed by atoms with E-state index >= 15 is 0 Å². The third-order valence-electron chi connectivity index (χ3n) is 6.63. The van der Waals surface area contributed by atoms with Crippen molar-refractivity contribution < 1.29 is 18.0 Å². The van der Waals surface area contributed by atoms with Gasteiger partial charge < -0.3 is 10.2 Å². The van der Waals surface area contributed by atoms with Crippen LogP contribution >= 0.6 is 0 Å². The van der Waals surface area contributed by atoms with Crippen LogP contribution in [0.15, 0.2) is 65.6 Å².